The van der Waals surface area contributed by atoms with Crippen LogP contribution >= 0.6 is 11.6 Å². The average Bonchev–Trinajstić information content (AvgIpc) is 2.16. The van der Waals surface area contributed by atoms with Gasteiger partial charge in [-0.25, -0.2) is 9.97 Å². The van der Waals surface area contributed by atoms with Gasteiger partial charge in [-0.2, -0.15) is 0 Å². The highest BCUT2D eigenvalue weighted by Gasteiger charge is 2.12. The van der Waals surface area contributed by atoms with Crippen molar-refractivity contribution < 1.29 is 9.90 Å². The molecule has 16 heavy (non-hydrogen) atoms. The maximum absolute atomic E-state index is 10.8. The Morgan fingerprint density at radius 3 is 2.81 bits per heavy atom. The summed E-state index contributed by atoms with van der Waals surface area (Å²) in [6.07, 6.45) is 2.03. The van der Waals surface area contributed by atoms with Gasteiger partial charge in [-0.05, 0) is 20.3 Å². The summed E-state index contributed by atoms with van der Waals surface area (Å²) >= 11 is 5.75. The number of rotatable bonds is 5. The summed E-state index contributed by atoms with van der Waals surface area (Å²) in [4.78, 5) is 18.4. The fourth-order valence-electron chi connectivity index (χ4n) is 1.40. The number of carbonyl (C=O) groups is 1. The fraction of sp³-hybridized carbons (Fsp3) is 0.500. The standard InChI is InChI=1S/C10H14ClN3O2/c1-6(3-7(2)16)14-10-8(4-15)9(11)12-5-13-10/h4-7,16H,3H2,1-2H3,(H,12,13,14). The van der Waals surface area contributed by atoms with Gasteiger partial charge in [0.25, 0.3) is 0 Å². The van der Waals surface area contributed by atoms with Crippen molar-refractivity contribution in [2.24, 2.45) is 0 Å². The summed E-state index contributed by atoms with van der Waals surface area (Å²) in [6.45, 7) is 3.59. The number of nitrogens with zero attached hydrogens (tertiary/aromatic N) is 2. The molecule has 1 rings (SSSR count). The summed E-state index contributed by atoms with van der Waals surface area (Å²) in [5.74, 6) is 0.392. The van der Waals surface area contributed by atoms with Crippen molar-refractivity contribution in [2.75, 3.05) is 5.32 Å². The van der Waals surface area contributed by atoms with Crippen molar-refractivity contribution >= 4 is 23.7 Å². The van der Waals surface area contributed by atoms with Crippen LogP contribution < -0.4 is 5.32 Å². The van der Waals surface area contributed by atoms with E-state index in [0.29, 0.717) is 18.5 Å². The maximum Gasteiger partial charge on any atom is 0.156 e. The Morgan fingerprint density at radius 2 is 2.25 bits per heavy atom. The lowest BCUT2D eigenvalue weighted by Crippen LogP contribution is -2.22. The van der Waals surface area contributed by atoms with Crippen molar-refractivity contribution in [2.45, 2.75) is 32.4 Å². The topological polar surface area (TPSA) is 75.1 Å². The second-order valence-corrected chi connectivity index (χ2v) is 4.03. The third kappa shape index (κ3) is 3.43. The lowest BCUT2D eigenvalue weighted by atomic mass is 10.1. The van der Waals surface area contributed by atoms with Gasteiger partial charge in [-0.3, -0.25) is 4.79 Å². The summed E-state index contributed by atoms with van der Waals surface area (Å²) < 4.78 is 0. The molecule has 0 amide bonds. The number of aliphatic hydroxyl groups is 1. The smallest absolute Gasteiger partial charge is 0.156 e. The van der Waals surface area contributed by atoms with Crippen molar-refractivity contribution in [3.05, 3.63) is 17.0 Å². The van der Waals surface area contributed by atoms with E-state index in [-0.39, 0.29) is 16.8 Å². The first-order valence-electron chi connectivity index (χ1n) is 4.95. The minimum atomic E-state index is -0.417. The van der Waals surface area contributed by atoms with Gasteiger partial charge in [0.05, 0.1) is 11.7 Å². The number of carbonyl (C=O) groups excluding carboxylic acids is 1. The molecule has 0 radical (unpaired) electrons. The summed E-state index contributed by atoms with van der Waals surface area (Å²) in [6, 6.07) is -0.00957. The molecule has 1 aromatic heterocycles. The number of nitrogens with one attached hydrogen (secondary N) is 1. The van der Waals surface area contributed by atoms with Crippen LogP contribution in [0.3, 0.4) is 0 Å². The van der Waals surface area contributed by atoms with Crippen LogP contribution in [0.2, 0.25) is 5.15 Å². The first-order chi connectivity index (χ1) is 7.54. The molecule has 5 nitrogen and oxygen atoms in total. The summed E-state index contributed by atoms with van der Waals surface area (Å²) in [5.41, 5.74) is 0.238. The predicted octanol–water partition coefficient (Wildman–Crippen LogP) is 1.51. The lowest BCUT2D eigenvalue weighted by molar-refractivity contribution is 0.112. The number of aromatic nitrogens is 2. The molecule has 0 saturated carbocycles. The zero-order valence-corrected chi connectivity index (χ0v) is 9.90. The first-order valence-corrected chi connectivity index (χ1v) is 5.32. The molecule has 2 unspecified atom stereocenters. The number of hydrogen-bond acceptors (Lipinski definition) is 5. The Balaban J connectivity index is 2.80. The van der Waals surface area contributed by atoms with Gasteiger partial charge in [-0.15, -0.1) is 0 Å². The average molecular weight is 244 g/mol. The molecule has 0 bridgehead atoms. The summed E-state index contributed by atoms with van der Waals surface area (Å²) in [7, 11) is 0. The van der Waals surface area contributed by atoms with E-state index in [9.17, 15) is 9.90 Å². The second-order valence-electron chi connectivity index (χ2n) is 3.67. The van der Waals surface area contributed by atoms with Crippen LogP contribution in [-0.4, -0.2) is 33.5 Å². The largest absolute Gasteiger partial charge is 0.393 e. The van der Waals surface area contributed by atoms with Crippen LogP contribution in [0, 0.1) is 0 Å². The van der Waals surface area contributed by atoms with E-state index in [4.69, 9.17) is 11.6 Å². The Hall–Kier alpha value is -1.20. The molecular weight excluding hydrogens is 230 g/mol. The van der Waals surface area contributed by atoms with E-state index in [2.05, 4.69) is 15.3 Å². The van der Waals surface area contributed by atoms with Crippen molar-refractivity contribution in [1.82, 2.24) is 9.97 Å². The third-order valence-corrected chi connectivity index (χ3v) is 2.33. The minimum Gasteiger partial charge on any atom is -0.393 e. The van der Waals surface area contributed by atoms with Crippen LogP contribution in [0.5, 0.6) is 0 Å². The quantitative estimate of drug-likeness (QED) is 0.606. The highest BCUT2D eigenvalue weighted by atomic mass is 35.5. The Bertz CT molecular complexity index is 371. The lowest BCUT2D eigenvalue weighted by Gasteiger charge is -2.16. The highest BCUT2D eigenvalue weighted by molar-refractivity contribution is 6.32. The maximum atomic E-state index is 10.8. The van der Waals surface area contributed by atoms with Crippen LogP contribution in [0.1, 0.15) is 30.6 Å². The molecule has 1 aromatic rings. The van der Waals surface area contributed by atoms with Gasteiger partial charge in [0.2, 0.25) is 0 Å². The number of halogens is 1. The molecule has 0 aliphatic carbocycles. The zero-order chi connectivity index (χ0) is 12.1. The predicted molar refractivity (Wildman–Crippen MR) is 61.8 cm³/mol. The van der Waals surface area contributed by atoms with Gasteiger partial charge in [0.1, 0.15) is 17.3 Å². The second kappa shape index (κ2) is 5.77. The number of aliphatic hydroxyl groups excluding tert-OH is 1. The van der Waals surface area contributed by atoms with Crippen molar-refractivity contribution in [1.29, 1.82) is 0 Å². The first kappa shape index (κ1) is 12.9. The zero-order valence-electron chi connectivity index (χ0n) is 9.14. The van der Waals surface area contributed by atoms with Gasteiger partial charge < -0.3 is 10.4 Å². The van der Waals surface area contributed by atoms with Gasteiger partial charge in [-0.1, -0.05) is 11.6 Å². The SMILES string of the molecule is CC(O)CC(C)Nc1ncnc(Cl)c1C=O. The molecule has 0 aromatic carbocycles. The van der Waals surface area contributed by atoms with E-state index in [1.807, 2.05) is 6.92 Å². The van der Waals surface area contributed by atoms with Gasteiger partial charge in [0, 0.05) is 6.04 Å². The molecule has 88 valence electrons. The molecule has 0 saturated heterocycles. The molecule has 0 fully saturated rings. The van der Waals surface area contributed by atoms with E-state index in [1.54, 1.807) is 6.92 Å². The van der Waals surface area contributed by atoms with Crippen molar-refractivity contribution in [3.63, 3.8) is 0 Å². The Labute approximate surface area is 98.9 Å². The highest BCUT2D eigenvalue weighted by Crippen LogP contribution is 2.18. The molecule has 0 aliphatic rings. The summed E-state index contributed by atoms with van der Waals surface area (Å²) in [5, 5.41) is 12.3. The van der Waals surface area contributed by atoms with E-state index < -0.39 is 6.10 Å². The molecular formula is C10H14ClN3O2. The Morgan fingerprint density at radius 1 is 1.56 bits per heavy atom. The molecule has 6 heteroatoms. The van der Waals surface area contributed by atoms with Crippen LogP contribution in [-0.2, 0) is 0 Å². The van der Waals surface area contributed by atoms with Crippen molar-refractivity contribution in [3.8, 4) is 0 Å². The number of anilines is 1. The molecule has 2 N–H and O–H groups in total. The van der Waals surface area contributed by atoms with Crippen LogP contribution in [0.4, 0.5) is 5.82 Å². The van der Waals surface area contributed by atoms with E-state index in [1.165, 1.54) is 6.33 Å². The number of hydrogen-bond donors (Lipinski definition) is 2. The minimum absolute atomic E-state index is 0.00957. The molecule has 0 spiro atoms. The monoisotopic (exact) mass is 243 g/mol. The molecule has 0 aliphatic heterocycles. The van der Waals surface area contributed by atoms with Gasteiger partial charge in [0.15, 0.2) is 6.29 Å². The van der Waals surface area contributed by atoms with Gasteiger partial charge >= 0.3 is 0 Å². The fourth-order valence-corrected chi connectivity index (χ4v) is 1.58. The third-order valence-electron chi connectivity index (χ3n) is 2.03. The normalized spacial score (nSPS) is 14.2. The van der Waals surface area contributed by atoms with Crippen LogP contribution in [0.25, 0.3) is 0 Å². The van der Waals surface area contributed by atoms with Crippen LogP contribution in [0.15, 0.2) is 6.33 Å². The molecule has 2 atom stereocenters. The van der Waals surface area contributed by atoms with E-state index >= 15 is 0 Å². The van der Waals surface area contributed by atoms with E-state index in [0.717, 1.165) is 0 Å². The Kier molecular flexibility index (Phi) is 4.64. The number of aldehydes is 1. The molecule has 1 heterocycles.